The van der Waals surface area contributed by atoms with Crippen molar-refractivity contribution in [3.63, 3.8) is 0 Å². The van der Waals surface area contributed by atoms with E-state index in [0.717, 1.165) is 6.61 Å². The summed E-state index contributed by atoms with van der Waals surface area (Å²) in [6, 6.07) is 0. The monoisotopic (exact) mass is 211 g/mol. The lowest BCUT2D eigenvalue weighted by Gasteiger charge is -2.03. The van der Waals surface area contributed by atoms with Crippen LogP contribution in [-0.4, -0.2) is 30.9 Å². The second-order valence-electron chi connectivity index (χ2n) is 3.84. The summed E-state index contributed by atoms with van der Waals surface area (Å²) in [5.74, 6) is 0.0649. The maximum Gasteiger partial charge on any atom is 0.246 e. The Kier molecular flexibility index (Phi) is 4.49. The van der Waals surface area contributed by atoms with Gasteiger partial charge in [0.1, 0.15) is 5.78 Å². The third-order valence-electron chi connectivity index (χ3n) is 2.16. The van der Waals surface area contributed by atoms with E-state index in [1.165, 1.54) is 0 Å². The van der Waals surface area contributed by atoms with E-state index in [1.54, 1.807) is 6.92 Å². The van der Waals surface area contributed by atoms with Gasteiger partial charge in [-0.2, -0.15) is 0 Å². The number of epoxide rings is 1. The first-order chi connectivity index (χ1) is 7.09. The lowest BCUT2D eigenvalue weighted by Crippen LogP contribution is -2.25. The second kappa shape index (κ2) is 5.66. The van der Waals surface area contributed by atoms with Crippen molar-refractivity contribution in [2.75, 3.05) is 13.2 Å². The maximum absolute atomic E-state index is 11.3. The third kappa shape index (κ3) is 5.32. The first-order valence-electron chi connectivity index (χ1n) is 5.16. The zero-order valence-electron chi connectivity index (χ0n) is 9.04. The molecular weight excluding hydrogens is 194 g/mol. The number of hydrogen-bond acceptors (Lipinski definition) is 3. The number of hydrogen-bond donors (Lipinski definition) is 1. The van der Waals surface area contributed by atoms with Crippen molar-refractivity contribution in [1.82, 2.24) is 5.32 Å². The van der Waals surface area contributed by atoms with E-state index in [-0.39, 0.29) is 17.8 Å². The molecule has 4 heteroatoms. The zero-order valence-corrected chi connectivity index (χ0v) is 9.04. The van der Waals surface area contributed by atoms with E-state index in [9.17, 15) is 9.59 Å². The molecule has 0 aromatic heterocycles. The maximum atomic E-state index is 11.3. The molecule has 0 bridgehead atoms. The van der Waals surface area contributed by atoms with Gasteiger partial charge in [0, 0.05) is 25.0 Å². The molecule has 15 heavy (non-hydrogen) atoms. The number of Topliss-reactive ketones (excluding diaryl/α,β-unsaturated/α-hetero) is 1. The summed E-state index contributed by atoms with van der Waals surface area (Å²) in [5, 5.41) is 2.68. The minimum Gasteiger partial charge on any atom is -0.373 e. The highest BCUT2D eigenvalue weighted by atomic mass is 16.6. The van der Waals surface area contributed by atoms with Crippen LogP contribution in [0.3, 0.4) is 0 Å². The van der Waals surface area contributed by atoms with E-state index in [4.69, 9.17) is 4.74 Å². The SMILES string of the molecule is C=C(C)C(=O)NCCCC(=O)CC1CO1. The summed E-state index contributed by atoms with van der Waals surface area (Å²) < 4.78 is 4.95. The van der Waals surface area contributed by atoms with Gasteiger partial charge in [0.2, 0.25) is 5.91 Å². The number of rotatable bonds is 7. The van der Waals surface area contributed by atoms with Gasteiger partial charge in [0.25, 0.3) is 0 Å². The molecule has 1 aliphatic heterocycles. The molecule has 0 aromatic carbocycles. The molecule has 1 rings (SSSR count). The van der Waals surface area contributed by atoms with Crippen LogP contribution in [0.25, 0.3) is 0 Å². The molecular formula is C11H17NO3. The number of nitrogens with one attached hydrogen (secondary N) is 1. The van der Waals surface area contributed by atoms with Crippen LogP contribution >= 0.6 is 0 Å². The summed E-state index contributed by atoms with van der Waals surface area (Å²) >= 11 is 0. The molecule has 1 unspecified atom stereocenters. The Bertz CT molecular complexity index is 269. The minimum absolute atomic E-state index is 0.145. The fourth-order valence-corrected chi connectivity index (χ4v) is 1.18. The molecule has 1 N–H and O–H groups in total. The first-order valence-corrected chi connectivity index (χ1v) is 5.16. The topological polar surface area (TPSA) is 58.7 Å². The number of carbonyl (C=O) groups excluding carboxylic acids is 2. The van der Waals surface area contributed by atoms with Crippen molar-refractivity contribution < 1.29 is 14.3 Å². The predicted molar refractivity (Wildman–Crippen MR) is 56.4 cm³/mol. The summed E-state index contributed by atoms with van der Waals surface area (Å²) in [7, 11) is 0. The highest BCUT2D eigenvalue weighted by Gasteiger charge is 2.24. The highest BCUT2D eigenvalue weighted by Crippen LogP contribution is 2.14. The van der Waals surface area contributed by atoms with Crippen molar-refractivity contribution >= 4 is 11.7 Å². The van der Waals surface area contributed by atoms with Crippen LogP contribution in [0, 0.1) is 0 Å². The Morgan fingerprint density at radius 2 is 2.20 bits per heavy atom. The average Bonchev–Trinajstić information content (AvgIpc) is 2.95. The smallest absolute Gasteiger partial charge is 0.246 e. The Morgan fingerprint density at radius 3 is 2.73 bits per heavy atom. The van der Waals surface area contributed by atoms with Gasteiger partial charge in [-0.3, -0.25) is 9.59 Å². The molecule has 84 valence electrons. The van der Waals surface area contributed by atoms with Gasteiger partial charge in [0.15, 0.2) is 0 Å². The fourth-order valence-electron chi connectivity index (χ4n) is 1.18. The number of carbonyl (C=O) groups is 2. The molecule has 1 aliphatic rings. The molecule has 4 nitrogen and oxygen atoms in total. The molecule has 1 heterocycles. The van der Waals surface area contributed by atoms with Gasteiger partial charge in [-0.25, -0.2) is 0 Å². The average molecular weight is 211 g/mol. The second-order valence-corrected chi connectivity index (χ2v) is 3.84. The van der Waals surface area contributed by atoms with Crippen LogP contribution in [0.4, 0.5) is 0 Å². The molecule has 0 aliphatic carbocycles. The lowest BCUT2D eigenvalue weighted by molar-refractivity contribution is -0.120. The Hall–Kier alpha value is -1.16. The van der Waals surface area contributed by atoms with Crippen LogP contribution in [0.1, 0.15) is 26.2 Å². The van der Waals surface area contributed by atoms with Crippen LogP contribution in [0.15, 0.2) is 12.2 Å². The van der Waals surface area contributed by atoms with Crippen LogP contribution in [0.5, 0.6) is 0 Å². The van der Waals surface area contributed by atoms with Crippen LogP contribution in [0.2, 0.25) is 0 Å². The molecule has 1 amide bonds. The van der Waals surface area contributed by atoms with E-state index in [1.807, 2.05) is 0 Å². The third-order valence-corrected chi connectivity index (χ3v) is 2.16. The standard InChI is InChI=1S/C11H17NO3/c1-8(2)11(14)12-5-3-4-9(13)6-10-7-15-10/h10H,1,3-7H2,2H3,(H,12,14). The van der Waals surface area contributed by atoms with Crippen LogP contribution < -0.4 is 5.32 Å². The number of ether oxygens (including phenoxy) is 1. The van der Waals surface area contributed by atoms with E-state index < -0.39 is 0 Å². The van der Waals surface area contributed by atoms with Crippen molar-refractivity contribution in [3.05, 3.63) is 12.2 Å². The summed E-state index contributed by atoms with van der Waals surface area (Å²) in [4.78, 5) is 22.3. The molecule has 1 fully saturated rings. The van der Waals surface area contributed by atoms with Crippen molar-refractivity contribution in [1.29, 1.82) is 0 Å². The Morgan fingerprint density at radius 1 is 1.53 bits per heavy atom. The fraction of sp³-hybridized carbons (Fsp3) is 0.636. The quantitative estimate of drug-likeness (QED) is 0.385. The van der Waals surface area contributed by atoms with Gasteiger partial charge < -0.3 is 10.1 Å². The normalized spacial score (nSPS) is 18.3. The van der Waals surface area contributed by atoms with Crippen molar-refractivity contribution in [2.45, 2.75) is 32.3 Å². The Balaban J connectivity index is 1.98. The van der Waals surface area contributed by atoms with Crippen molar-refractivity contribution in [3.8, 4) is 0 Å². The van der Waals surface area contributed by atoms with Crippen LogP contribution in [-0.2, 0) is 14.3 Å². The van der Waals surface area contributed by atoms with E-state index in [2.05, 4.69) is 11.9 Å². The van der Waals surface area contributed by atoms with Crippen molar-refractivity contribution in [2.24, 2.45) is 0 Å². The first kappa shape index (κ1) is 11.9. The highest BCUT2D eigenvalue weighted by molar-refractivity contribution is 5.92. The summed E-state index contributed by atoms with van der Waals surface area (Å²) in [6.07, 6.45) is 1.89. The minimum atomic E-state index is -0.145. The largest absolute Gasteiger partial charge is 0.373 e. The predicted octanol–water partition coefficient (Wildman–Crippen LogP) is 0.817. The molecule has 1 saturated heterocycles. The Labute approximate surface area is 89.7 Å². The lowest BCUT2D eigenvalue weighted by atomic mass is 10.1. The molecule has 0 aromatic rings. The van der Waals surface area contributed by atoms with Gasteiger partial charge in [-0.15, -0.1) is 0 Å². The molecule has 1 atom stereocenters. The van der Waals surface area contributed by atoms with Gasteiger partial charge >= 0.3 is 0 Å². The zero-order chi connectivity index (χ0) is 11.3. The number of ketones is 1. The van der Waals surface area contributed by atoms with Gasteiger partial charge in [0.05, 0.1) is 12.7 Å². The van der Waals surface area contributed by atoms with Gasteiger partial charge in [-0.05, 0) is 13.3 Å². The van der Waals surface area contributed by atoms with E-state index >= 15 is 0 Å². The number of amides is 1. The summed E-state index contributed by atoms with van der Waals surface area (Å²) in [5.41, 5.74) is 0.493. The molecule has 0 radical (unpaired) electrons. The summed E-state index contributed by atoms with van der Waals surface area (Å²) in [6.45, 7) is 6.43. The molecule has 0 saturated carbocycles. The van der Waals surface area contributed by atoms with Gasteiger partial charge in [-0.1, -0.05) is 6.58 Å². The molecule has 0 spiro atoms. The van der Waals surface area contributed by atoms with E-state index in [0.29, 0.717) is 31.4 Å².